The molecule has 3 heterocycles. The summed E-state index contributed by atoms with van der Waals surface area (Å²) in [6, 6.07) is 106. The van der Waals surface area contributed by atoms with Crippen molar-refractivity contribution in [3.63, 3.8) is 0 Å². The third kappa shape index (κ3) is 8.71. The molecule has 0 atom stereocenters. The fraction of sp³-hybridized carbons (Fsp3) is 0. The molecule has 3 aromatic heterocycles. The molecule has 0 bridgehead atoms. The number of pyridine rings is 2. The molecule has 11 aromatic carbocycles. The number of benzene rings is 11. The number of nitrogens with zero attached hydrogens (tertiary/aromatic N) is 7. The van der Waals surface area contributed by atoms with Gasteiger partial charge in [0.25, 0.3) is 0 Å². The highest BCUT2D eigenvalue weighted by atomic mass is 15.2. The molecule has 0 unspecified atom stereocenters. The van der Waals surface area contributed by atoms with Crippen LogP contribution in [-0.2, 0) is 0 Å². The molecule has 7 nitrogen and oxygen atoms in total. The number of hydrogen-bond donors (Lipinski definition) is 0. The van der Waals surface area contributed by atoms with Gasteiger partial charge in [-0.15, -0.1) is 0 Å². The summed E-state index contributed by atoms with van der Waals surface area (Å²) in [4.78, 5) is 19.0. The van der Waals surface area contributed by atoms with Crippen LogP contribution < -0.4 is 19.6 Å². The van der Waals surface area contributed by atoms with Crippen molar-refractivity contribution in [2.24, 2.45) is 0 Å². The second-order valence-electron chi connectivity index (χ2n) is 19.5. The number of anilines is 12. The van der Waals surface area contributed by atoms with Crippen molar-refractivity contribution in [3.05, 3.63) is 310 Å². The van der Waals surface area contributed by atoms with E-state index in [2.05, 4.69) is 309 Å². The van der Waals surface area contributed by atoms with Crippen molar-refractivity contribution >= 4 is 112 Å². The van der Waals surface area contributed by atoms with Crippen LogP contribution in [0.15, 0.2) is 310 Å². The molecule has 0 aliphatic heterocycles. The second kappa shape index (κ2) is 20.4. The van der Waals surface area contributed by atoms with Crippen molar-refractivity contribution in [1.29, 1.82) is 0 Å². The Morgan fingerprint density at radius 1 is 0.228 bits per heavy atom. The average Bonchev–Trinajstić information content (AvgIpc) is 4.01. The Balaban J connectivity index is 0.957. The molecule has 0 saturated heterocycles. The van der Waals surface area contributed by atoms with E-state index in [1.54, 1.807) is 0 Å². The standard InChI is InChI=1S/C72H51N7/c1-6-20-52(21-7-1)75(53-22-8-2-9-23-53)57-36-40-59(41-37-57)77(69-34-16-32-67-63(69)30-18-48-73-67)61-44-46-71-65(50-61)66-51-62(45-47-72(66)79(71)56-28-14-5-15-29-56)78(70-35-17-33-68-64(70)31-19-49-74-68)60-42-38-58(39-43-60)76(54-24-10-3-11-25-54)55-26-12-4-13-27-55/h1-51H. The predicted molar refractivity (Wildman–Crippen MR) is 330 cm³/mol. The van der Waals surface area contributed by atoms with E-state index in [4.69, 9.17) is 9.97 Å². The third-order valence-corrected chi connectivity index (χ3v) is 14.8. The van der Waals surface area contributed by atoms with Crippen molar-refractivity contribution in [2.75, 3.05) is 19.6 Å². The van der Waals surface area contributed by atoms with E-state index in [0.717, 1.165) is 118 Å². The summed E-state index contributed by atoms with van der Waals surface area (Å²) >= 11 is 0. The molecule has 0 saturated carbocycles. The van der Waals surface area contributed by atoms with Crippen LogP contribution in [0.3, 0.4) is 0 Å². The highest BCUT2D eigenvalue weighted by Crippen LogP contribution is 2.47. The van der Waals surface area contributed by atoms with Crippen molar-refractivity contribution in [2.45, 2.75) is 0 Å². The normalized spacial score (nSPS) is 11.3. The monoisotopic (exact) mass is 1010 g/mol. The fourth-order valence-corrected chi connectivity index (χ4v) is 11.3. The zero-order valence-corrected chi connectivity index (χ0v) is 43.1. The first-order valence-electron chi connectivity index (χ1n) is 26.6. The summed E-state index contributed by atoms with van der Waals surface area (Å²) in [6.45, 7) is 0. The summed E-state index contributed by atoms with van der Waals surface area (Å²) in [7, 11) is 0. The molecule has 14 aromatic rings. The van der Waals surface area contributed by atoms with E-state index in [0.29, 0.717) is 0 Å². The van der Waals surface area contributed by atoms with Crippen LogP contribution in [-0.4, -0.2) is 14.5 Å². The molecule has 0 fully saturated rings. The largest absolute Gasteiger partial charge is 0.311 e. The van der Waals surface area contributed by atoms with Gasteiger partial charge >= 0.3 is 0 Å². The van der Waals surface area contributed by atoms with Crippen LogP contribution in [0.25, 0.3) is 49.3 Å². The van der Waals surface area contributed by atoms with E-state index in [9.17, 15) is 0 Å². The second-order valence-corrected chi connectivity index (χ2v) is 19.5. The van der Waals surface area contributed by atoms with Crippen molar-refractivity contribution in [1.82, 2.24) is 14.5 Å². The number of rotatable bonds is 13. The van der Waals surface area contributed by atoms with Crippen LogP contribution in [0.4, 0.5) is 68.2 Å². The van der Waals surface area contributed by atoms with Gasteiger partial charge in [0.1, 0.15) is 0 Å². The van der Waals surface area contributed by atoms with Crippen molar-refractivity contribution < 1.29 is 0 Å². The number of para-hydroxylation sites is 5. The van der Waals surface area contributed by atoms with Gasteiger partial charge in [-0.25, -0.2) is 0 Å². The molecule has 0 radical (unpaired) electrons. The van der Waals surface area contributed by atoms with Gasteiger partial charge in [0.2, 0.25) is 0 Å². The predicted octanol–water partition coefficient (Wildman–Crippen LogP) is 19.8. The van der Waals surface area contributed by atoms with Gasteiger partial charge in [-0.2, -0.15) is 0 Å². The highest BCUT2D eigenvalue weighted by molar-refractivity contribution is 6.13. The van der Waals surface area contributed by atoms with Gasteiger partial charge in [0.05, 0.1) is 33.4 Å². The van der Waals surface area contributed by atoms with Crippen molar-refractivity contribution in [3.8, 4) is 5.69 Å². The number of hydrogen-bond acceptors (Lipinski definition) is 6. The average molecular weight is 1010 g/mol. The number of aromatic nitrogens is 3. The zero-order chi connectivity index (χ0) is 52.5. The summed E-state index contributed by atoms with van der Waals surface area (Å²) < 4.78 is 2.39. The van der Waals surface area contributed by atoms with Gasteiger partial charge in [-0.1, -0.05) is 103 Å². The molecule has 0 aliphatic carbocycles. The summed E-state index contributed by atoms with van der Waals surface area (Å²) in [6.07, 6.45) is 3.73. The summed E-state index contributed by atoms with van der Waals surface area (Å²) in [5.74, 6) is 0. The molecule has 7 heteroatoms. The highest BCUT2D eigenvalue weighted by Gasteiger charge is 2.23. The van der Waals surface area contributed by atoms with Crippen LogP contribution in [0, 0.1) is 0 Å². The van der Waals surface area contributed by atoms with E-state index < -0.39 is 0 Å². The van der Waals surface area contributed by atoms with E-state index in [1.807, 2.05) is 24.5 Å². The molecule has 79 heavy (non-hydrogen) atoms. The maximum absolute atomic E-state index is 4.83. The van der Waals surface area contributed by atoms with E-state index >= 15 is 0 Å². The SMILES string of the molecule is c1ccc(N(c2ccccc2)c2ccc(N(c3ccc4c(c3)c3cc(N(c5ccc(N(c6ccccc6)c6ccccc6)cc5)c5cccc6ncccc56)ccc3n4-c3ccccc3)c3cccc4ncccc34)cc2)cc1. The maximum Gasteiger partial charge on any atom is 0.0723 e. The first kappa shape index (κ1) is 46.7. The Kier molecular flexibility index (Phi) is 12.1. The topological polar surface area (TPSA) is 43.7 Å². The van der Waals surface area contributed by atoms with Gasteiger partial charge in [-0.05, 0) is 194 Å². The molecule has 0 aliphatic rings. The minimum absolute atomic E-state index is 0.928. The van der Waals surface area contributed by atoms with Crippen LogP contribution >= 0.6 is 0 Å². The quantitative estimate of drug-likeness (QED) is 0.115. The Bertz CT molecular complexity index is 4060. The van der Waals surface area contributed by atoms with Crippen LogP contribution in [0.1, 0.15) is 0 Å². The lowest BCUT2D eigenvalue weighted by atomic mass is 10.1. The Hall–Kier alpha value is -10.8. The summed E-state index contributed by atoms with van der Waals surface area (Å²) in [5.41, 5.74) is 17.7. The molecular formula is C72H51N7. The number of fused-ring (bicyclic) bond motifs is 5. The molecule has 374 valence electrons. The lowest BCUT2D eigenvalue weighted by Crippen LogP contribution is -2.12. The smallest absolute Gasteiger partial charge is 0.0723 e. The van der Waals surface area contributed by atoms with E-state index in [1.165, 1.54) is 0 Å². The molecular weight excluding hydrogens is 963 g/mol. The Labute approximate surface area is 459 Å². The fourth-order valence-electron chi connectivity index (χ4n) is 11.3. The van der Waals surface area contributed by atoms with Gasteiger partial charge in [-0.3, -0.25) is 9.97 Å². The molecule has 0 N–H and O–H groups in total. The van der Waals surface area contributed by atoms with Crippen LogP contribution in [0.2, 0.25) is 0 Å². The van der Waals surface area contributed by atoms with Crippen LogP contribution in [0.5, 0.6) is 0 Å². The summed E-state index contributed by atoms with van der Waals surface area (Å²) in [5, 5.41) is 4.35. The third-order valence-electron chi connectivity index (χ3n) is 14.8. The molecule has 0 amide bonds. The minimum atomic E-state index is 0.928. The first-order chi connectivity index (χ1) is 39.2. The lowest BCUT2D eigenvalue weighted by Gasteiger charge is -2.29. The maximum atomic E-state index is 4.83. The van der Waals surface area contributed by atoms with Gasteiger partial charge < -0.3 is 24.2 Å². The van der Waals surface area contributed by atoms with E-state index in [-0.39, 0.29) is 0 Å². The van der Waals surface area contributed by atoms with Gasteiger partial charge in [0.15, 0.2) is 0 Å². The first-order valence-corrected chi connectivity index (χ1v) is 26.6. The lowest BCUT2D eigenvalue weighted by molar-refractivity contribution is 1.18. The Morgan fingerprint density at radius 2 is 0.544 bits per heavy atom. The molecule has 0 spiro atoms. The zero-order valence-electron chi connectivity index (χ0n) is 43.1. The minimum Gasteiger partial charge on any atom is -0.311 e. The Morgan fingerprint density at radius 3 is 0.911 bits per heavy atom. The van der Waals surface area contributed by atoms with Gasteiger partial charge in [0, 0.05) is 96.5 Å². The molecule has 14 rings (SSSR count).